The molecule has 0 bridgehead atoms. The van der Waals surface area contributed by atoms with Crippen LogP contribution in [-0.4, -0.2) is 88.8 Å². The van der Waals surface area contributed by atoms with Gasteiger partial charge in [0.25, 0.3) is 0 Å². The maximum atomic E-state index is 13.7. The lowest BCUT2D eigenvalue weighted by molar-refractivity contribution is -0.127. The van der Waals surface area contributed by atoms with Gasteiger partial charge in [-0.15, -0.1) is 0 Å². The molecule has 3 aliphatic rings. The van der Waals surface area contributed by atoms with Crippen molar-refractivity contribution in [2.75, 3.05) is 53.2 Å². The molecule has 1 saturated carbocycles. The second kappa shape index (κ2) is 13.4. The van der Waals surface area contributed by atoms with Crippen LogP contribution in [-0.2, 0) is 29.8 Å². The van der Waals surface area contributed by atoms with E-state index in [1.54, 1.807) is 37.4 Å². The predicted octanol–water partition coefficient (Wildman–Crippen LogP) is 3.77. The second-order valence-electron chi connectivity index (χ2n) is 11.9. The molecule has 2 heterocycles. The standard InChI is InChI=1S/C32H45N3O6S/c1-24-20-29(39-3)21-25(2)31(24)42(37,38)35-15-7-10-28(35)22-41-23-30(36)33-27-11-13-32(14-12-27,26-8-5-4-6-9-26)34-16-18-40-19-17-34/h4-6,8-9,20-21,27-28H,7,10-19,22-23H2,1-3H3,(H,33,36). The van der Waals surface area contributed by atoms with E-state index < -0.39 is 10.0 Å². The fraction of sp³-hybridized carbons (Fsp3) is 0.594. The highest BCUT2D eigenvalue weighted by Crippen LogP contribution is 2.43. The summed E-state index contributed by atoms with van der Waals surface area (Å²) < 4.78 is 45.6. The number of morpholine rings is 1. The molecule has 2 aromatic carbocycles. The highest BCUT2D eigenvalue weighted by Gasteiger charge is 2.42. The molecule has 10 heteroatoms. The molecule has 1 unspecified atom stereocenters. The molecular weight excluding hydrogens is 554 g/mol. The molecule has 5 rings (SSSR count). The number of hydrogen-bond donors (Lipinski definition) is 1. The van der Waals surface area contributed by atoms with Gasteiger partial charge in [0.15, 0.2) is 0 Å². The molecule has 2 aromatic rings. The van der Waals surface area contributed by atoms with Crippen molar-refractivity contribution in [2.24, 2.45) is 0 Å². The summed E-state index contributed by atoms with van der Waals surface area (Å²) in [6.07, 6.45) is 5.22. The number of nitrogens with zero attached hydrogens (tertiary/aromatic N) is 2. The number of amides is 1. The maximum absolute atomic E-state index is 13.7. The molecule has 42 heavy (non-hydrogen) atoms. The molecule has 2 saturated heterocycles. The Hall–Kier alpha value is -2.50. The minimum atomic E-state index is -3.71. The quantitative estimate of drug-likeness (QED) is 0.444. The largest absolute Gasteiger partial charge is 0.497 e. The van der Waals surface area contributed by atoms with Gasteiger partial charge in [0.2, 0.25) is 15.9 Å². The zero-order chi connectivity index (χ0) is 29.7. The number of carbonyl (C=O) groups excluding carboxylic acids is 1. The summed E-state index contributed by atoms with van der Waals surface area (Å²) in [5.74, 6) is 0.494. The van der Waals surface area contributed by atoms with Crippen molar-refractivity contribution in [1.29, 1.82) is 0 Å². The molecular formula is C32H45N3O6S. The third-order valence-corrected chi connectivity index (χ3v) is 11.5. The fourth-order valence-electron chi connectivity index (χ4n) is 7.17. The van der Waals surface area contributed by atoms with Crippen molar-refractivity contribution in [1.82, 2.24) is 14.5 Å². The van der Waals surface area contributed by atoms with Crippen LogP contribution < -0.4 is 10.1 Å². The van der Waals surface area contributed by atoms with Gasteiger partial charge >= 0.3 is 0 Å². The van der Waals surface area contributed by atoms with Crippen LogP contribution in [0.2, 0.25) is 0 Å². The zero-order valence-electron chi connectivity index (χ0n) is 25.1. The molecule has 3 fully saturated rings. The van der Waals surface area contributed by atoms with Gasteiger partial charge in [-0.25, -0.2) is 8.42 Å². The number of aryl methyl sites for hydroxylation is 2. The first-order valence-corrected chi connectivity index (χ1v) is 16.6. The lowest BCUT2D eigenvalue weighted by Crippen LogP contribution is -2.55. The lowest BCUT2D eigenvalue weighted by atomic mass is 9.73. The molecule has 1 N–H and O–H groups in total. The number of nitrogens with one attached hydrogen (secondary N) is 1. The van der Waals surface area contributed by atoms with Gasteiger partial charge in [-0.2, -0.15) is 4.31 Å². The van der Waals surface area contributed by atoms with E-state index in [9.17, 15) is 13.2 Å². The monoisotopic (exact) mass is 599 g/mol. The SMILES string of the molecule is COc1cc(C)c(S(=O)(=O)N2CCCC2COCC(=O)NC2CCC(c3ccccc3)(N3CCOCC3)CC2)c(C)c1. The summed E-state index contributed by atoms with van der Waals surface area (Å²) in [6, 6.07) is 14.0. The van der Waals surface area contributed by atoms with E-state index in [2.05, 4.69) is 40.5 Å². The lowest BCUT2D eigenvalue weighted by Gasteiger charge is -2.50. The molecule has 230 valence electrons. The van der Waals surface area contributed by atoms with Crippen LogP contribution in [0, 0.1) is 13.8 Å². The van der Waals surface area contributed by atoms with E-state index in [4.69, 9.17) is 14.2 Å². The summed E-state index contributed by atoms with van der Waals surface area (Å²) in [5.41, 5.74) is 2.64. The Labute approximate surface area is 250 Å². The molecule has 0 aromatic heterocycles. The number of methoxy groups -OCH3 is 1. The fourth-order valence-corrected chi connectivity index (χ4v) is 9.26. The molecule has 2 aliphatic heterocycles. The molecule has 1 atom stereocenters. The van der Waals surface area contributed by atoms with Gasteiger partial charge in [0.1, 0.15) is 12.4 Å². The van der Waals surface area contributed by atoms with E-state index in [0.717, 1.165) is 58.4 Å². The number of hydrogen-bond acceptors (Lipinski definition) is 7. The Morgan fingerprint density at radius 3 is 2.33 bits per heavy atom. The number of carbonyl (C=O) groups is 1. The Kier molecular flexibility index (Phi) is 9.89. The van der Waals surface area contributed by atoms with Crippen LogP contribution in [0.3, 0.4) is 0 Å². The number of benzene rings is 2. The molecule has 1 amide bonds. The topological polar surface area (TPSA) is 97.4 Å². The average molecular weight is 600 g/mol. The van der Waals surface area contributed by atoms with Gasteiger partial charge in [-0.05, 0) is 81.2 Å². The number of sulfonamides is 1. The van der Waals surface area contributed by atoms with Crippen molar-refractivity contribution >= 4 is 15.9 Å². The Bertz CT molecular complexity index is 1300. The Morgan fingerprint density at radius 2 is 1.69 bits per heavy atom. The van der Waals surface area contributed by atoms with Crippen molar-refractivity contribution in [3.05, 3.63) is 59.2 Å². The highest BCUT2D eigenvalue weighted by molar-refractivity contribution is 7.89. The van der Waals surface area contributed by atoms with Crippen molar-refractivity contribution in [3.63, 3.8) is 0 Å². The Morgan fingerprint density at radius 1 is 1.02 bits per heavy atom. The van der Waals surface area contributed by atoms with Crippen molar-refractivity contribution in [3.8, 4) is 5.75 Å². The third kappa shape index (κ3) is 6.53. The third-order valence-electron chi connectivity index (χ3n) is 9.21. The van der Waals surface area contributed by atoms with E-state index in [-0.39, 0.29) is 36.7 Å². The summed E-state index contributed by atoms with van der Waals surface area (Å²) >= 11 is 0. The van der Waals surface area contributed by atoms with E-state index >= 15 is 0 Å². The smallest absolute Gasteiger partial charge is 0.246 e. The van der Waals surface area contributed by atoms with Crippen LogP contribution in [0.15, 0.2) is 47.4 Å². The first-order chi connectivity index (χ1) is 20.2. The predicted molar refractivity (Wildman–Crippen MR) is 161 cm³/mol. The molecule has 0 radical (unpaired) electrons. The van der Waals surface area contributed by atoms with Gasteiger partial charge in [-0.1, -0.05) is 30.3 Å². The maximum Gasteiger partial charge on any atom is 0.246 e. The van der Waals surface area contributed by atoms with Gasteiger partial charge in [0, 0.05) is 37.3 Å². The van der Waals surface area contributed by atoms with Crippen LogP contribution in [0.1, 0.15) is 55.2 Å². The van der Waals surface area contributed by atoms with Crippen LogP contribution in [0.5, 0.6) is 5.75 Å². The van der Waals surface area contributed by atoms with Crippen LogP contribution in [0.4, 0.5) is 0 Å². The minimum Gasteiger partial charge on any atom is -0.497 e. The molecule has 1 aliphatic carbocycles. The van der Waals surface area contributed by atoms with Gasteiger partial charge in [0.05, 0.1) is 31.8 Å². The first-order valence-electron chi connectivity index (χ1n) is 15.2. The van der Waals surface area contributed by atoms with Gasteiger partial charge in [-0.3, -0.25) is 9.69 Å². The number of rotatable bonds is 10. The van der Waals surface area contributed by atoms with E-state index in [0.29, 0.717) is 34.7 Å². The second-order valence-corrected chi connectivity index (χ2v) is 13.7. The summed E-state index contributed by atoms with van der Waals surface area (Å²) in [5, 5.41) is 3.18. The first kappa shape index (κ1) is 30.9. The molecule has 9 nitrogen and oxygen atoms in total. The summed E-state index contributed by atoms with van der Waals surface area (Å²) in [7, 11) is -2.13. The van der Waals surface area contributed by atoms with E-state index in [1.165, 1.54) is 5.56 Å². The number of ether oxygens (including phenoxy) is 3. The van der Waals surface area contributed by atoms with Gasteiger partial charge < -0.3 is 19.5 Å². The van der Waals surface area contributed by atoms with Crippen molar-refractivity contribution in [2.45, 2.75) is 74.9 Å². The molecule has 0 spiro atoms. The highest BCUT2D eigenvalue weighted by atomic mass is 32.2. The summed E-state index contributed by atoms with van der Waals surface area (Å²) in [4.78, 5) is 15.8. The normalized spacial score (nSPS) is 25.8. The minimum absolute atomic E-state index is 0.0270. The zero-order valence-corrected chi connectivity index (χ0v) is 26.0. The van der Waals surface area contributed by atoms with E-state index in [1.807, 2.05) is 0 Å². The van der Waals surface area contributed by atoms with Crippen LogP contribution in [0.25, 0.3) is 0 Å². The Balaban J connectivity index is 1.14. The van der Waals surface area contributed by atoms with Crippen LogP contribution >= 0.6 is 0 Å². The summed E-state index contributed by atoms with van der Waals surface area (Å²) in [6.45, 7) is 7.51. The average Bonchev–Trinajstić information content (AvgIpc) is 3.48. The van der Waals surface area contributed by atoms with Crippen molar-refractivity contribution < 1.29 is 27.4 Å².